The van der Waals surface area contributed by atoms with Crippen molar-refractivity contribution in [1.82, 2.24) is 10.3 Å². The molecular formula is C15H19N3OS. The van der Waals surface area contributed by atoms with Crippen molar-refractivity contribution in [3.63, 3.8) is 0 Å². The molecule has 0 aliphatic heterocycles. The summed E-state index contributed by atoms with van der Waals surface area (Å²) < 4.78 is 5.71. The van der Waals surface area contributed by atoms with Gasteiger partial charge in [0.1, 0.15) is 6.26 Å². The fourth-order valence-corrected chi connectivity index (χ4v) is 3.02. The minimum atomic E-state index is 0.609. The van der Waals surface area contributed by atoms with E-state index in [0.29, 0.717) is 12.1 Å². The van der Waals surface area contributed by atoms with E-state index in [1.54, 1.807) is 17.6 Å². The molecule has 0 bridgehead atoms. The Labute approximate surface area is 122 Å². The summed E-state index contributed by atoms with van der Waals surface area (Å²) in [5.41, 5.74) is 2.36. The summed E-state index contributed by atoms with van der Waals surface area (Å²) in [4.78, 5) is 6.96. The summed E-state index contributed by atoms with van der Waals surface area (Å²) in [6.07, 6.45) is 6.91. The van der Waals surface area contributed by atoms with Gasteiger partial charge in [0.25, 0.3) is 6.01 Å². The highest BCUT2D eigenvalue weighted by molar-refractivity contribution is 7.07. The number of hydrogen-bond acceptors (Lipinski definition) is 5. The third kappa shape index (κ3) is 2.88. The van der Waals surface area contributed by atoms with E-state index in [-0.39, 0.29) is 0 Å². The van der Waals surface area contributed by atoms with Crippen LogP contribution in [0.3, 0.4) is 0 Å². The second-order valence-electron chi connectivity index (χ2n) is 5.77. The third-order valence-corrected chi connectivity index (χ3v) is 4.59. The van der Waals surface area contributed by atoms with Crippen LogP contribution >= 0.6 is 11.3 Å². The number of anilines is 1. The Morgan fingerprint density at radius 2 is 2.25 bits per heavy atom. The molecular weight excluding hydrogens is 270 g/mol. The lowest BCUT2D eigenvalue weighted by Crippen LogP contribution is -2.25. The number of nitrogens with zero attached hydrogens (tertiary/aromatic N) is 2. The number of nitrogens with one attached hydrogen (secondary N) is 1. The van der Waals surface area contributed by atoms with Gasteiger partial charge < -0.3 is 14.6 Å². The average Bonchev–Trinajstić information content (AvgIpc) is 3.37. The summed E-state index contributed by atoms with van der Waals surface area (Å²) in [5, 5.41) is 7.80. The maximum atomic E-state index is 5.71. The van der Waals surface area contributed by atoms with Gasteiger partial charge >= 0.3 is 0 Å². The van der Waals surface area contributed by atoms with Crippen LogP contribution in [-0.2, 0) is 13.1 Å². The summed E-state index contributed by atoms with van der Waals surface area (Å²) in [7, 11) is 0. The highest BCUT2D eigenvalue weighted by atomic mass is 32.1. The van der Waals surface area contributed by atoms with Crippen LogP contribution in [0.15, 0.2) is 27.5 Å². The maximum Gasteiger partial charge on any atom is 0.298 e. The van der Waals surface area contributed by atoms with Crippen LogP contribution in [-0.4, -0.2) is 17.1 Å². The van der Waals surface area contributed by atoms with E-state index in [0.717, 1.165) is 24.8 Å². The summed E-state index contributed by atoms with van der Waals surface area (Å²) in [5.74, 6) is 0. The Bertz CT molecular complexity index is 557. The minimum absolute atomic E-state index is 0.609. The van der Waals surface area contributed by atoms with Gasteiger partial charge in [0.05, 0.1) is 5.69 Å². The first-order valence-corrected chi connectivity index (χ1v) is 8.28. The van der Waals surface area contributed by atoms with Crippen molar-refractivity contribution in [1.29, 1.82) is 0 Å². The molecule has 20 heavy (non-hydrogen) atoms. The van der Waals surface area contributed by atoms with Crippen molar-refractivity contribution >= 4 is 17.4 Å². The SMILES string of the molecule is c1cc(CN(c2nc(CNC3CC3)co2)C2CC2)cs1. The van der Waals surface area contributed by atoms with E-state index >= 15 is 0 Å². The molecule has 2 heterocycles. The molecule has 2 fully saturated rings. The summed E-state index contributed by atoms with van der Waals surface area (Å²) >= 11 is 1.74. The molecule has 0 spiro atoms. The smallest absolute Gasteiger partial charge is 0.298 e. The Kier molecular flexibility index (Phi) is 3.24. The fraction of sp³-hybridized carbons (Fsp3) is 0.533. The van der Waals surface area contributed by atoms with Crippen molar-refractivity contribution < 1.29 is 4.42 Å². The fourth-order valence-electron chi connectivity index (χ4n) is 2.36. The molecule has 0 unspecified atom stereocenters. The van der Waals surface area contributed by atoms with Crippen LogP contribution in [0, 0.1) is 0 Å². The van der Waals surface area contributed by atoms with Crippen molar-refractivity contribution in [2.75, 3.05) is 4.90 Å². The Balaban J connectivity index is 1.45. The number of rotatable bonds is 7. The molecule has 2 aliphatic carbocycles. The van der Waals surface area contributed by atoms with E-state index in [1.165, 1.54) is 31.2 Å². The number of oxazole rings is 1. The first-order chi connectivity index (χ1) is 9.88. The molecule has 2 aromatic heterocycles. The second-order valence-corrected chi connectivity index (χ2v) is 6.55. The van der Waals surface area contributed by atoms with E-state index in [4.69, 9.17) is 4.42 Å². The van der Waals surface area contributed by atoms with Gasteiger partial charge in [-0.05, 0) is 48.1 Å². The van der Waals surface area contributed by atoms with Gasteiger partial charge in [-0.3, -0.25) is 0 Å². The zero-order valence-electron chi connectivity index (χ0n) is 11.4. The number of hydrogen-bond donors (Lipinski definition) is 1. The van der Waals surface area contributed by atoms with Gasteiger partial charge in [0.15, 0.2) is 0 Å². The van der Waals surface area contributed by atoms with E-state index in [1.807, 2.05) is 0 Å². The van der Waals surface area contributed by atoms with Gasteiger partial charge in [-0.1, -0.05) is 0 Å². The van der Waals surface area contributed by atoms with Crippen LogP contribution < -0.4 is 10.2 Å². The molecule has 5 heteroatoms. The molecule has 4 nitrogen and oxygen atoms in total. The number of aromatic nitrogens is 1. The van der Waals surface area contributed by atoms with Gasteiger partial charge in [-0.25, -0.2) is 0 Å². The predicted octanol–water partition coefficient (Wildman–Crippen LogP) is 3.16. The monoisotopic (exact) mass is 289 g/mol. The van der Waals surface area contributed by atoms with Crippen LogP contribution in [0.25, 0.3) is 0 Å². The Hall–Kier alpha value is -1.33. The normalized spacial score (nSPS) is 18.4. The third-order valence-electron chi connectivity index (χ3n) is 3.86. The summed E-state index contributed by atoms with van der Waals surface area (Å²) in [6.45, 7) is 1.73. The second kappa shape index (κ2) is 5.22. The first kappa shape index (κ1) is 12.4. The standard InChI is InChI=1S/C15H19N3OS/c1-2-12(1)16-7-13-9-19-15(17-13)18(14-3-4-14)8-11-5-6-20-10-11/h5-6,9-10,12,14,16H,1-4,7-8H2. The van der Waals surface area contributed by atoms with E-state index in [2.05, 4.69) is 32.0 Å². The van der Waals surface area contributed by atoms with Gasteiger partial charge in [-0.15, -0.1) is 0 Å². The van der Waals surface area contributed by atoms with E-state index in [9.17, 15) is 0 Å². The van der Waals surface area contributed by atoms with Crippen molar-refractivity contribution in [2.24, 2.45) is 0 Å². The predicted molar refractivity (Wildman–Crippen MR) is 79.9 cm³/mol. The highest BCUT2D eigenvalue weighted by Crippen LogP contribution is 2.33. The number of thiophene rings is 1. The summed E-state index contributed by atoms with van der Waals surface area (Å²) in [6, 6.07) is 4.28. The molecule has 0 amide bonds. The van der Waals surface area contributed by atoms with Crippen LogP contribution in [0.1, 0.15) is 36.9 Å². The maximum absolute atomic E-state index is 5.71. The molecule has 2 aromatic rings. The minimum Gasteiger partial charge on any atom is -0.432 e. The van der Waals surface area contributed by atoms with Gasteiger partial charge in [-0.2, -0.15) is 16.3 Å². The quantitative estimate of drug-likeness (QED) is 0.850. The zero-order valence-corrected chi connectivity index (χ0v) is 12.2. The molecule has 2 aliphatic rings. The van der Waals surface area contributed by atoms with Crippen LogP contribution in [0.5, 0.6) is 0 Å². The topological polar surface area (TPSA) is 41.3 Å². The van der Waals surface area contributed by atoms with Crippen molar-refractivity contribution in [3.05, 3.63) is 34.3 Å². The van der Waals surface area contributed by atoms with Crippen molar-refractivity contribution in [3.8, 4) is 0 Å². The molecule has 4 rings (SSSR count). The van der Waals surface area contributed by atoms with Gasteiger partial charge in [0, 0.05) is 25.2 Å². The Morgan fingerprint density at radius 1 is 1.35 bits per heavy atom. The lowest BCUT2D eigenvalue weighted by Gasteiger charge is -2.19. The molecule has 0 aromatic carbocycles. The average molecular weight is 289 g/mol. The molecule has 106 valence electrons. The molecule has 0 radical (unpaired) electrons. The first-order valence-electron chi connectivity index (χ1n) is 7.34. The van der Waals surface area contributed by atoms with Crippen LogP contribution in [0.2, 0.25) is 0 Å². The Morgan fingerprint density at radius 3 is 2.95 bits per heavy atom. The lowest BCUT2D eigenvalue weighted by molar-refractivity contribution is 0.527. The van der Waals surface area contributed by atoms with Crippen molar-refractivity contribution in [2.45, 2.75) is 50.9 Å². The largest absolute Gasteiger partial charge is 0.432 e. The van der Waals surface area contributed by atoms with Gasteiger partial charge in [0.2, 0.25) is 0 Å². The molecule has 1 N–H and O–H groups in total. The van der Waals surface area contributed by atoms with E-state index < -0.39 is 0 Å². The molecule has 0 saturated heterocycles. The highest BCUT2D eigenvalue weighted by Gasteiger charge is 2.32. The van der Waals surface area contributed by atoms with Crippen LogP contribution in [0.4, 0.5) is 6.01 Å². The molecule has 2 saturated carbocycles. The zero-order chi connectivity index (χ0) is 13.4. The lowest BCUT2D eigenvalue weighted by atomic mass is 10.3. The molecule has 0 atom stereocenters.